The Morgan fingerprint density at radius 2 is 2.14 bits per heavy atom. The Bertz CT molecular complexity index is 1340. The molecule has 1 saturated carbocycles. The van der Waals surface area contributed by atoms with E-state index in [-0.39, 0.29) is 36.0 Å². The molecule has 35 heavy (non-hydrogen) atoms. The van der Waals surface area contributed by atoms with Gasteiger partial charge in [0.1, 0.15) is 23.5 Å². The molecule has 0 unspecified atom stereocenters. The Kier molecular flexibility index (Phi) is 5.80. The van der Waals surface area contributed by atoms with Gasteiger partial charge in [0, 0.05) is 31.5 Å². The van der Waals surface area contributed by atoms with Crippen molar-refractivity contribution in [2.75, 3.05) is 5.32 Å². The summed E-state index contributed by atoms with van der Waals surface area (Å²) in [7, 11) is 1.88. The molecule has 2 heterocycles. The molecule has 180 valence electrons. The number of fused-ring (bicyclic) bond motifs is 1. The van der Waals surface area contributed by atoms with Gasteiger partial charge in [0.2, 0.25) is 0 Å². The van der Waals surface area contributed by atoms with E-state index in [1.165, 1.54) is 6.07 Å². The lowest BCUT2D eigenvalue weighted by atomic mass is 9.57. The molecule has 1 aromatic carbocycles. The molecule has 1 amide bonds. The predicted octanol–water partition coefficient (Wildman–Crippen LogP) is 4.85. The first-order valence-corrected chi connectivity index (χ1v) is 11.9. The number of hydrogen-bond donors (Lipinski definition) is 1. The van der Waals surface area contributed by atoms with Crippen molar-refractivity contribution in [1.29, 1.82) is 5.26 Å². The number of aryl methyl sites for hydroxylation is 1. The molecule has 0 aliphatic heterocycles. The third kappa shape index (κ3) is 3.96. The number of hydrogen-bond acceptors (Lipinski definition) is 5. The van der Waals surface area contributed by atoms with Crippen LogP contribution in [0.2, 0.25) is 0 Å². The molecule has 0 saturated heterocycles. The van der Waals surface area contributed by atoms with E-state index in [0.29, 0.717) is 23.2 Å². The van der Waals surface area contributed by atoms with Gasteiger partial charge in [-0.15, -0.1) is 21.8 Å². The number of anilines is 1. The smallest absolute Gasteiger partial charge is 0.290 e. The van der Waals surface area contributed by atoms with Crippen molar-refractivity contribution in [3.63, 3.8) is 0 Å². The highest BCUT2D eigenvalue weighted by molar-refractivity contribution is 6.17. The Balaban J connectivity index is 1.45. The van der Waals surface area contributed by atoms with Crippen LogP contribution in [0.5, 0.6) is 0 Å². The molecule has 2 aliphatic rings. The molecule has 5 rings (SSSR count). The number of halogens is 3. The lowest BCUT2D eigenvalue weighted by Gasteiger charge is -2.46. The number of nitrogens with one attached hydrogen (secondary N) is 1. The van der Waals surface area contributed by atoms with E-state index in [1.54, 1.807) is 12.4 Å². The predicted molar refractivity (Wildman–Crippen MR) is 125 cm³/mol. The number of benzene rings is 1. The van der Waals surface area contributed by atoms with E-state index in [4.69, 9.17) is 16.9 Å². The molecule has 0 atom stereocenters. The molecule has 1 N–H and O–H groups in total. The van der Waals surface area contributed by atoms with E-state index in [2.05, 4.69) is 26.6 Å². The summed E-state index contributed by atoms with van der Waals surface area (Å²) in [5.74, 6) is -2.58. The fraction of sp³-hybridized carbons (Fsp3) is 0.400. The van der Waals surface area contributed by atoms with Crippen LogP contribution in [0.25, 0.3) is 0 Å². The monoisotopic (exact) mass is 496 g/mol. The van der Waals surface area contributed by atoms with Crippen molar-refractivity contribution in [3.05, 3.63) is 70.6 Å². The van der Waals surface area contributed by atoms with Gasteiger partial charge in [-0.2, -0.15) is 14.0 Å². The normalized spacial score (nSPS) is 22.2. The second kappa shape index (κ2) is 8.68. The molecule has 7 nitrogen and oxygen atoms in total. The number of alkyl halides is 3. The molecule has 0 spiro atoms. The average Bonchev–Trinajstić information content (AvgIpc) is 3.38. The van der Waals surface area contributed by atoms with Crippen molar-refractivity contribution >= 4 is 23.2 Å². The van der Waals surface area contributed by atoms with Gasteiger partial charge in [-0.05, 0) is 60.1 Å². The number of aromatic nitrogens is 4. The van der Waals surface area contributed by atoms with Crippen LogP contribution in [0.4, 0.5) is 14.5 Å². The molecular weight excluding hydrogens is 474 g/mol. The van der Waals surface area contributed by atoms with Crippen LogP contribution >= 0.6 is 11.6 Å². The number of pyridine rings is 1. The van der Waals surface area contributed by atoms with Gasteiger partial charge >= 0.3 is 0 Å². The average molecular weight is 497 g/mol. The quantitative estimate of drug-likeness (QED) is 0.492. The van der Waals surface area contributed by atoms with Crippen LogP contribution in [-0.4, -0.2) is 25.7 Å². The summed E-state index contributed by atoms with van der Waals surface area (Å²) in [4.78, 5) is 17.1. The maximum absolute atomic E-state index is 14.3. The SMILES string of the molecule is Cn1cnnc1C1(c2cccc(NC(=O)c3cc(CCl)c4c(n3)C(F)(F)CC4)c2)CC(CC#N)C1. The summed E-state index contributed by atoms with van der Waals surface area (Å²) >= 11 is 5.99. The maximum Gasteiger partial charge on any atom is 0.290 e. The number of amides is 1. The topological polar surface area (TPSA) is 96.5 Å². The Morgan fingerprint density at radius 1 is 1.34 bits per heavy atom. The highest BCUT2D eigenvalue weighted by Crippen LogP contribution is 2.53. The molecule has 10 heteroatoms. The van der Waals surface area contributed by atoms with Crippen molar-refractivity contribution in [2.24, 2.45) is 13.0 Å². The van der Waals surface area contributed by atoms with Gasteiger partial charge < -0.3 is 9.88 Å². The van der Waals surface area contributed by atoms with Gasteiger partial charge in [-0.3, -0.25) is 4.79 Å². The molecule has 2 aromatic heterocycles. The first kappa shape index (κ1) is 23.4. The Morgan fingerprint density at radius 3 is 2.83 bits per heavy atom. The zero-order chi connectivity index (χ0) is 24.8. The fourth-order valence-corrected chi connectivity index (χ4v) is 5.63. The maximum atomic E-state index is 14.3. The zero-order valence-corrected chi connectivity index (χ0v) is 19.8. The van der Waals surface area contributed by atoms with Gasteiger partial charge in [-0.1, -0.05) is 12.1 Å². The number of rotatable bonds is 6. The van der Waals surface area contributed by atoms with Crippen molar-refractivity contribution in [2.45, 2.75) is 49.3 Å². The summed E-state index contributed by atoms with van der Waals surface area (Å²) in [6.07, 6.45) is 3.45. The first-order valence-electron chi connectivity index (χ1n) is 11.4. The summed E-state index contributed by atoms with van der Waals surface area (Å²) in [6.45, 7) is 0. The van der Waals surface area contributed by atoms with E-state index in [9.17, 15) is 13.6 Å². The minimum absolute atomic E-state index is 0.0286. The summed E-state index contributed by atoms with van der Waals surface area (Å²) in [5, 5.41) is 20.3. The van der Waals surface area contributed by atoms with Gasteiger partial charge in [-0.25, -0.2) is 4.98 Å². The van der Waals surface area contributed by atoms with Crippen molar-refractivity contribution in [3.8, 4) is 6.07 Å². The Labute approximate surface area is 206 Å². The molecule has 3 aromatic rings. The van der Waals surface area contributed by atoms with Gasteiger partial charge in [0.25, 0.3) is 11.8 Å². The van der Waals surface area contributed by atoms with Gasteiger partial charge in [0.05, 0.1) is 11.5 Å². The lowest BCUT2D eigenvalue weighted by Crippen LogP contribution is -2.44. The highest BCUT2D eigenvalue weighted by atomic mass is 35.5. The van der Waals surface area contributed by atoms with Crippen LogP contribution in [0.15, 0.2) is 36.7 Å². The zero-order valence-electron chi connectivity index (χ0n) is 19.1. The third-order valence-electron chi connectivity index (χ3n) is 7.10. The molecule has 0 bridgehead atoms. The van der Waals surface area contributed by atoms with E-state index in [0.717, 1.165) is 24.2 Å². The number of carbonyl (C=O) groups excluding carboxylic acids is 1. The minimum atomic E-state index is -3.07. The van der Waals surface area contributed by atoms with E-state index in [1.807, 2.05) is 29.8 Å². The molecular formula is C25H23ClF2N6O. The second-order valence-corrected chi connectivity index (χ2v) is 9.62. The molecule has 2 aliphatic carbocycles. The van der Waals surface area contributed by atoms with E-state index < -0.39 is 17.2 Å². The van der Waals surface area contributed by atoms with Crippen LogP contribution in [0, 0.1) is 17.2 Å². The fourth-order valence-electron chi connectivity index (χ4n) is 5.39. The summed E-state index contributed by atoms with van der Waals surface area (Å²) in [6, 6.07) is 11.1. The largest absolute Gasteiger partial charge is 0.321 e. The number of nitriles is 1. The second-order valence-electron chi connectivity index (χ2n) is 9.35. The molecule has 0 radical (unpaired) electrons. The molecule has 1 fully saturated rings. The van der Waals surface area contributed by atoms with Crippen LogP contribution in [0.3, 0.4) is 0 Å². The van der Waals surface area contributed by atoms with Crippen molar-refractivity contribution < 1.29 is 13.6 Å². The highest BCUT2D eigenvalue weighted by Gasteiger charge is 2.49. The lowest BCUT2D eigenvalue weighted by molar-refractivity contribution is -0.00601. The van der Waals surface area contributed by atoms with Crippen molar-refractivity contribution in [1.82, 2.24) is 19.7 Å². The number of nitrogens with zero attached hydrogens (tertiary/aromatic N) is 5. The minimum Gasteiger partial charge on any atom is -0.321 e. The van der Waals surface area contributed by atoms with Crippen LogP contribution in [-0.2, 0) is 30.7 Å². The van der Waals surface area contributed by atoms with Crippen LogP contribution in [0.1, 0.15) is 64.4 Å². The van der Waals surface area contributed by atoms with E-state index >= 15 is 0 Å². The van der Waals surface area contributed by atoms with Gasteiger partial charge in [0.15, 0.2) is 0 Å². The standard InChI is InChI=1S/C25H23ClF2N6O/c1-34-14-30-33-23(34)24(11-15(12-24)6-8-29)17-3-2-4-18(10-17)31-22(35)20-9-16(13-26)19-5-7-25(27,28)21(19)32-20/h2-4,9-10,14-15H,5-7,11-13H2,1H3,(H,31,35). The summed E-state index contributed by atoms with van der Waals surface area (Å²) in [5.41, 5.74) is 1.53. The van der Waals surface area contributed by atoms with Crippen LogP contribution < -0.4 is 5.32 Å². The third-order valence-corrected chi connectivity index (χ3v) is 7.38. The first-order chi connectivity index (χ1) is 16.8. The Hall–Kier alpha value is -3.38. The summed E-state index contributed by atoms with van der Waals surface area (Å²) < 4.78 is 30.5. The number of carbonyl (C=O) groups is 1.